The number of carbonyl (C=O) groups excluding carboxylic acids is 15. The average molecular weight is 1870 g/mol. The summed E-state index contributed by atoms with van der Waals surface area (Å²) in [4.78, 5) is 249. The number of carboxylic acid groups (broad SMARTS) is 2. The number of nitrogens with zero attached hydrogens (tertiary/aromatic N) is 4. The quantitative estimate of drug-likeness (QED) is 0.0163. The molecule has 2 heterocycles. The Morgan fingerprint density at radius 3 is 1.38 bits per heavy atom. The molecule has 132 heavy (non-hydrogen) atoms. The minimum atomic E-state index is -1.91. The van der Waals surface area contributed by atoms with Gasteiger partial charge in [0.2, 0.25) is 82.7 Å². The van der Waals surface area contributed by atoms with E-state index >= 15 is 4.79 Å². The first-order valence-electron chi connectivity index (χ1n) is 46.6. The fourth-order valence-corrected chi connectivity index (χ4v) is 16.0. The largest absolute Gasteiger partial charge is 0.481 e. The Labute approximate surface area is 773 Å². The summed E-state index contributed by atoms with van der Waals surface area (Å²) in [5.74, 6) is -18.1. The first-order chi connectivity index (χ1) is 62.1. The molecule has 0 aromatic rings. The van der Waals surface area contributed by atoms with Gasteiger partial charge >= 0.3 is 11.9 Å². The number of carboxylic acids is 2. The number of carbonyl (C=O) groups is 17. The van der Waals surface area contributed by atoms with Crippen LogP contribution in [-0.4, -0.2) is 284 Å². The molecule has 3 aliphatic rings. The van der Waals surface area contributed by atoms with Crippen LogP contribution in [0.4, 0.5) is 0 Å². The van der Waals surface area contributed by atoms with Crippen LogP contribution in [0, 0.1) is 40.9 Å². The van der Waals surface area contributed by atoms with E-state index in [-0.39, 0.29) is 170 Å². The third-order valence-corrected chi connectivity index (χ3v) is 23.6. The van der Waals surface area contributed by atoms with Gasteiger partial charge in [-0.3, -0.25) is 92.1 Å². The fraction of sp³-hybridized carbons (Fsp3) is 0.770. The van der Waals surface area contributed by atoms with Crippen LogP contribution >= 0.6 is 0 Å². The lowest BCUT2D eigenvalue weighted by atomic mass is 9.84. The molecule has 3 rings (SSSR count). The first-order valence-corrected chi connectivity index (χ1v) is 46.6. The molecule has 14 amide bonds. The van der Waals surface area contributed by atoms with E-state index in [1.54, 1.807) is 48.5 Å². The lowest BCUT2D eigenvalue weighted by Gasteiger charge is -2.34. The fourth-order valence-electron chi connectivity index (χ4n) is 16.0. The summed E-state index contributed by atoms with van der Waals surface area (Å²) in [6.07, 6.45) is 4.28. The molecule has 748 valence electrons. The topological polar surface area (TPSA) is 753 Å². The molecule has 0 aromatic carbocycles. The van der Waals surface area contributed by atoms with Crippen molar-refractivity contribution in [1.29, 1.82) is 5.41 Å². The highest BCUT2D eigenvalue weighted by molar-refractivity contribution is 6.01. The molecule has 2 saturated heterocycles. The number of aliphatic hydroxyl groups is 2. The smallest absolute Gasteiger partial charge is 0.326 e. The Kier molecular flexibility index (Phi) is 52.0. The normalized spacial score (nSPS) is 18.1. The standard InChI is InChI=1S/C87H154N24O21/c1-12-49(8)69(84(130)111-39-23-31-65(111)81(127)103-59(85(131)132)27-18-19-35-88)108-78(124)62(43-53-24-14-13-15-25-53)106-75(121)57(28-20-36-96-86(92)93)100-76(122)60(41-47(4)5)105-74(120)56(26-16-17-32-67(90)91)101-79(125)63(45-112)107-82(128)70(52(11)113)109-77(123)61(42-48(6)7)104-72(118)54(40-46(2)3)44-66(114)50(9)98-80(126)64-30-22-38-110(64)83(129)58(29-21-37-97-87(94)95)102-71(117)51(10)99-73(119)55(89)33-34-68(115)116/h46-65,69-70,112-113H,12-45,88-89H2,1-11H3,(H3,90,91)(H,98,126)(H,99,119)(H,100,122)(H,101,125)(H,102,117)(H,103,127)(H,104,118)(H,105,120)(H,106,121)(H,107,128)(H,108,124)(H,109,123)(H,115,116)(H,131,132)(H4,92,93,96)(H4,94,95,97)/t49?,50-,51-,52?,54+,55?,56-,57-,58-,59-,60-,61-,62-,63-,64-,65-,69-,70-/m0/s1. The summed E-state index contributed by atoms with van der Waals surface area (Å²) in [5.41, 5.74) is 39.5. The molecule has 0 aromatic heterocycles. The van der Waals surface area contributed by atoms with Gasteiger partial charge in [0.1, 0.15) is 78.5 Å². The van der Waals surface area contributed by atoms with E-state index in [0.717, 1.165) is 39.0 Å². The molecule has 3 fully saturated rings. The molecule has 2 aliphatic heterocycles. The molecular weight excluding hydrogens is 1720 g/mol. The van der Waals surface area contributed by atoms with E-state index in [4.69, 9.17) is 50.7 Å². The van der Waals surface area contributed by atoms with E-state index in [9.17, 15) is 92.0 Å². The van der Waals surface area contributed by atoms with Crippen molar-refractivity contribution < 1.29 is 102 Å². The predicted octanol–water partition coefficient (Wildman–Crippen LogP) is -3.06. The van der Waals surface area contributed by atoms with Crippen molar-refractivity contribution in [2.75, 3.05) is 39.3 Å². The number of aliphatic imine (C=N–C) groups is 2. The van der Waals surface area contributed by atoms with Crippen molar-refractivity contribution >= 4 is 118 Å². The van der Waals surface area contributed by atoms with Crippen LogP contribution in [0.2, 0.25) is 0 Å². The van der Waals surface area contributed by atoms with Crippen molar-refractivity contribution in [3.63, 3.8) is 0 Å². The first kappa shape index (κ1) is 115. The predicted molar refractivity (Wildman–Crippen MR) is 490 cm³/mol. The van der Waals surface area contributed by atoms with Crippen molar-refractivity contribution in [3.8, 4) is 0 Å². The number of hydrogen-bond acceptors (Lipinski definition) is 24. The van der Waals surface area contributed by atoms with Gasteiger partial charge in [-0.05, 0) is 172 Å². The van der Waals surface area contributed by atoms with Gasteiger partial charge in [0.05, 0.1) is 30.6 Å². The maximum absolute atomic E-state index is 15.0. The number of amidine groups is 1. The molecule has 31 N–H and O–H groups in total. The maximum atomic E-state index is 15.0. The van der Waals surface area contributed by atoms with Gasteiger partial charge in [-0.15, -0.1) is 0 Å². The molecule has 45 nitrogen and oxygen atoms in total. The lowest BCUT2D eigenvalue weighted by Crippen LogP contribution is -2.62. The zero-order chi connectivity index (χ0) is 99.3. The van der Waals surface area contributed by atoms with Crippen LogP contribution in [0.1, 0.15) is 256 Å². The number of aliphatic carboxylic acids is 2. The average Bonchev–Trinajstić information content (AvgIpc) is 1.65. The highest BCUT2D eigenvalue weighted by Crippen LogP contribution is 2.30. The number of nitrogens with two attached hydrogens (primary N) is 7. The summed E-state index contributed by atoms with van der Waals surface area (Å²) in [6, 6.07) is -20.7. The van der Waals surface area contributed by atoms with Crippen LogP contribution in [0.25, 0.3) is 0 Å². The number of amides is 14. The molecule has 45 heteroatoms. The highest BCUT2D eigenvalue weighted by atomic mass is 16.4. The Hall–Kier alpha value is -11.0. The van der Waals surface area contributed by atoms with Crippen LogP contribution in [-0.2, 0) is 81.5 Å². The Balaban J connectivity index is 1.91. The van der Waals surface area contributed by atoms with E-state index in [0.29, 0.717) is 38.6 Å². The number of hydrogen-bond donors (Lipinski definition) is 24. The van der Waals surface area contributed by atoms with Crippen LogP contribution in [0.3, 0.4) is 0 Å². The van der Waals surface area contributed by atoms with Gasteiger partial charge in [-0.2, -0.15) is 0 Å². The molecule has 0 radical (unpaired) electrons. The van der Waals surface area contributed by atoms with Gasteiger partial charge in [0, 0.05) is 51.4 Å². The Morgan fingerprint density at radius 1 is 0.432 bits per heavy atom. The van der Waals surface area contributed by atoms with Gasteiger partial charge < -0.3 is 134 Å². The Bertz CT molecular complexity index is 3890. The zero-order valence-corrected chi connectivity index (χ0v) is 78.8. The van der Waals surface area contributed by atoms with Crippen molar-refractivity contribution in [2.45, 2.75) is 353 Å². The number of ketones is 1. The number of Topliss-reactive ketones (excluding diaryl/α,β-unsaturated/α-hetero) is 1. The van der Waals surface area contributed by atoms with Crippen LogP contribution in [0.5, 0.6) is 0 Å². The molecule has 3 unspecified atom stereocenters. The van der Waals surface area contributed by atoms with Crippen LogP contribution in [0.15, 0.2) is 9.98 Å². The van der Waals surface area contributed by atoms with E-state index in [2.05, 4.69) is 73.8 Å². The summed E-state index contributed by atoms with van der Waals surface area (Å²) in [6.45, 7) is 17.4. The summed E-state index contributed by atoms with van der Waals surface area (Å²) in [5, 5.41) is 80.3. The molecule has 18 atom stereocenters. The zero-order valence-electron chi connectivity index (χ0n) is 78.8. The van der Waals surface area contributed by atoms with Gasteiger partial charge in [-0.25, -0.2) is 4.79 Å². The Morgan fingerprint density at radius 2 is 0.879 bits per heavy atom. The molecule has 0 bridgehead atoms. The van der Waals surface area contributed by atoms with Gasteiger partial charge in [0.15, 0.2) is 17.7 Å². The van der Waals surface area contributed by atoms with E-state index in [1.165, 1.54) is 23.6 Å². The third-order valence-electron chi connectivity index (χ3n) is 23.6. The number of nitrogens with one attached hydrogen (secondary N) is 13. The van der Waals surface area contributed by atoms with Gasteiger partial charge in [-0.1, -0.05) is 100 Å². The summed E-state index contributed by atoms with van der Waals surface area (Å²) >= 11 is 0. The highest BCUT2D eigenvalue weighted by Gasteiger charge is 2.45. The van der Waals surface area contributed by atoms with E-state index < -0.39 is 228 Å². The summed E-state index contributed by atoms with van der Waals surface area (Å²) in [7, 11) is 0. The number of rotatable bonds is 62. The maximum Gasteiger partial charge on any atom is 0.326 e. The second kappa shape index (κ2) is 59.5. The number of guanidine groups is 2. The van der Waals surface area contributed by atoms with Crippen molar-refractivity contribution in [1.82, 2.24) is 73.6 Å². The molecule has 0 spiro atoms. The van der Waals surface area contributed by atoms with Crippen molar-refractivity contribution in [2.24, 2.45) is 85.6 Å². The number of aliphatic hydroxyl groups excluding tert-OH is 2. The van der Waals surface area contributed by atoms with Crippen LogP contribution < -0.4 is 104 Å². The number of likely N-dealkylation sites (tertiary alicyclic amines) is 2. The third kappa shape index (κ3) is 41.4. The van der Waals surface area contributed by atoms with Gasteiger partial charge in [0.25, 0.3) is 0 Å². The lowest BCUT2D eigenvalue weighted by molar-refractivity contribution is -0.145. The summed E-state index contributed by atoms with van der Waals surface area (Å²) < 4.78 is 0. The minimum Gasteiger partial charge on any atom is -0.481 e. The number of unbranched alkanes of at least 4 members (excludes halogenated alkanes) is 2. The van der Waals surface area contributed by atoms with E-state index in [1.807, 2.05) is 6.92 Å². The minimum absolute atomic E-state index is 0.0148. The second-order valence-electron chi connectivity index (χ2n) is 36.4. The SMILES string of the molecule is CCC(C)[C@H](NC(=O)[C@H](CC1CCCCC1)NC(=O)[C@H](CCCN=C(N)N)NC(=O)[C@H](CC(C)C)NC(=O)[C@H](CCCCC(=N)N)NC(=O)[C@H](CO)NC(=O)[C@@H](NC(=O)[C@H](CC(C)C)NC(=O)[C@@H](CC(=O)[C@H](C)NC(=O)[C@@H]1CCCN1C(=O)[C@H](CCCN=C(N)N)NC(=O)[C@H](C)NC(=O)C(N)CCC(=O)O)CC(C)C)C(C)O)C(=O)N1CCC[C@H]1C(=O)N[C@@H](CCCCN)C(=O)O. The van der Waals surface area contributed by atoms with Crippen molar-refractivity contribution in [3.05, 3.63) is 0 Å². The monoisotopic (exact) mass is 1870 g/mol. The second-order valence-corrected chi connectivity index (χ2v) is 36.4. The molecule has 1 saturated carbocycles. The molecular formula is C87H154N24O21. The molecule has 1 aliphatic carbocycles.